The fraction of sp³-hybridized carbons (Fsp3) is 1.00. The van der Waals surface area contributed by atoms with Crippen LogP contribution in [0, 0.1) is 0 Å². The van der Waals surface area contributed by atoms with Crippen molar-refractivity contribution >= 4 is 22.4 Å². The molecule has 0 aromatic rings. The molecule has 0 spiro atoms. The lowest BCUT2D eigenvalue weighted by atomic mass is 10.2. The summed E-state index contributed by atoms with van der Waals surface area (Å²) in [7, 11) is -3.55. The Bertz CT molecular complexity index is 270. The molecule has 1 saturated heterocycles. The molecule has 1 atom stereocenters. The van der Waals surface area contributed by atoms with Gasteiger partial charge >= 0.3 is 0 Å². The second-order valence-corrected chi connectivity index (χ2v) is 4.61. The van der Waals surface area contributed by atoms with E-state index in [0.717, 1.165) is 6.26 Å². The minimum Gasteiger partial charge on any atom is -0.309 e. The molecule has 0 radical (unpaired) electrons. The van der Waals surface area contributed by atoms with Gasteiger partial charge < -0.3 is 5.32 Å². The highest BCUT2D eigenvalue weighted by Crippen LogP contribution is 2.21. The third kappa shape index (κ3) is 3.72. The Morgan fingerprint density at radius 2 is 2.08 bits per heavy atom. The summed E-state index contributed by atoms with van der Waals surface area (Å²) >= 11 is 0. The fourth-order valence-electron chi connectivity index (χ4n) is 1.04. The highest BCUT2D eigenvalue weighted by atomic mass is 35.5. The van der Waals surface area contributed by atoms with Gasteiger partial charge in [0, 0.05) is 6.54 Å². The van der Waals surface area contributed by atoms with E-state index >= 15 is 0 Å². The van der Waals surface area contributed by atoms with Crippen LogP contribution in [-0.4, -0.2) is 39.7 Å². The summed E-state index contributed by atoms with van der Waals surface area (Å²) in [5.74, 6) is -2.98. The molecule has 0 aliphatic carbocycles. The third-order valence-electron chi connectivity index (χ3n) is 1.58. The van der Waals surface area contributed by atoms with Gasteiger partial charge in [0.25, 0.3) is 5.92 Å². The van der Waals surface area contributed by atoms with E-state index in [0.29, 0.717) is 0 Å². The summed E-state index contributed by atoms with van der Waals surface area (Å²) in [6.45, 7) is -0.500. The van der Waals surface area contributed by atoms with Crippen LogP contribution >= 0.6 is 12.4 Å². The molecule has 1 heterocycles. The molecule has 1 rings (SSSR count). The van der Waals surface area contributed by atoms with Gasteiger partial charge in [0.05, 0.1) is 18.8 Å². The molecule has 0 aromatic heterocycles. The molecule has 80 valence electrons. The molecular weight excluding hydrogens is 226 g/mol. The zero-order valence-electron chi connectivity index (χ0n) is 6.88. The van der Waals surface area contributed by atoms with Crippen molar-refractivity contribution in [2.24, 2.45) is 0 Å². The third-order valence-corrected chi connectivity index (χ3v) is 2.29. The van der Waals surface area contributed by atoms with Crippen molar-refractivity contribution < 1.29 is 17.2 Å². The first-order valence-corrected chi connectivity index (χ1v) is 5.26. The predicted molar refractivity (Wildman–Crippen MR) is 46.8 cm³/mol. The maximum atomic E-state index is 12.7. The van der Waals surface area contributed by atoms with E-state index in [2.05, 4.69) is 5.32 Å². The minimum atomic E-state index is -3.55. The first-order valence-electron chi connectivity index (χ1n) is 3.37. The van der Waals surface area contributed by atoms with Gasteiger partial charge in [0.2, 0.25) is 10.0 Å². The summed E-state index contributed by atoms with van der Waals surface area (Å²) in [5.41, 5.74) is 0. The van der Waals surface area contributed by atoms with Gasteiger partial charge in [0.15, 0.2) is 0 Å². The molecule has 0 aromatic carbocycles. The SMILES string of the molecule is CS(=O)(=O)N[C@@H]1CNCC1(F)F.Cl. The van der Waals surface area contributed by atoms with Crippen LogP contribution in [0.4, 0.5) is 8.78 Å². The quantitative estimate of drug-likeness (QED) is 0.684. The minimum absolute atomic E-state index is 0. The van der Waals surface area contributed by atoms with Crippen LogP contribution in [0.2, 0.25) is 0 Å². The number of rotatable bonds is 2. The standard InChI is InChI=1S/C5H10F2N2O2S.ClH/c1-12(10,11)9-4-2-8-3-5(4,6)7;/h4,8-9H,2-3H2,1H3;1H/t4-;/m1./s1. The molecule has 0 saturated carbocycles. The molecular formula is C5H11ClF2N2O2S. The second kappa shape index (κ2) is 4.04. The van der Waals surface area contributed by atoms with E-state index in [-0.39, 0.29) is 19.0 Å². The Hall–Kier alpha value is 0.0200. The van der Waals surface area contributed by atoms with Crippen molar-refractivity contribution in [1.82, 2.24) is 10.0 Å². The average molecular weight is 237 g/mol. The molecule has 0 bridgehead atoms. The molecule has 4 nitrogen and oxygen atoms in total. The number of nitrogens with one attached hydrogen (secondary N) is 2. The van der Waals surface area contributed by atoms with Crippen LogP contribution in [-0.2, 0) is 10.0 Å². The van der Waals surface area contributed by atoms with Crippen LogP contribution < -0.4 is 10.0 Å². The van der Waals surface area contributed by atoms with Gasteiger partial charge in [-0.1, -0.05) is 0 Å². The Kier molecular flexibility index (Phi) is 4.04. The number of sulfonamides is 1. The van der Waals surface area contributed by atoms with Crippen molar-refractivity contribution in [3.8, 4) is 0 Å². The maximum Gasteiger partial charge on any atom is 0.277 e. The second-order valence-electron chi connectivity index (χ2n) is 2.83. The van der Waals surface area contributed by atoms with Gasteiger partial charge in [-0.2, -0.15) is 0 Å². The van der Waals surface area contributed by atoms with Crippen LogP contribution in [0.5, 0.6) is 0 Å². The monoisotopic (exact) mass is 236 g/mol. The molecule has 0 unspecified atom stereocenters. The van der Waals surface area contributed by atoms with Crippen LogP contribution in [0.1, 0.15) is 0 Å². The van der Waals surface area contributed by atoms with Gasteiger partial charge in [-0.15, -0.1) is 12.4 Å². The summed E-state index contributed by atoms with van der Waals surface area (Å²) in [5, 5.41) is 2.41. The first-order chi connectivity index (χ1) is 5.31. The Labute approximate surface area is 81.5 Å². The summed E-state index contributed by atoms with van der Waals surface area (Å²) < 4.78 is 48.6. The van der Waals surface area contributed by atoms with Crippen LogP contribution in [0.3, 0.4) is 0 Å². The molecule has 0 amide bonds. The average Bonchev–Trinajstić information content (AvgIpc) is 2.07. The fourth-order valence-corrected chi connectivity index (χ4v) is 1.81. The van der Waals surface area contributed by atoms with E-state index < -0.39 is 28.5 Å². The van der Waals surface area contributed by atoms with Crippen molar-refractivity contribution in [3.05, 3.63) is 0 Å². The van der Waals surface area contributed by atoms with Gasteiger partial charge in [-0.05, 0) is 0 Å². The summed E-state index contributed by atoms with van der Waals surface area (Å²) in [4.78, 5) is 0. The predicted octanol–water partition coefficient (Wildman–Crippen LogP) is -0.436. The molecule has 1 fully saturated rings. The highest BCUT2D eigenvalue weighted by molar-refractivity contribution is 7.88. The lowest BCUT2D eigenvalue weighted by Crippen LogP contribution is -2.46. The normalized spacial score (nSPS) is 26.8. The van der Waals surface area contributed by atoms with E-state index in [9.17, 15) is 17.2 Å². The van der Waals surface area contributed by atoms with Crippen molar-refractivity contribution in [2.75, 3.05) is 19.3 Å². The molecule has 1 aliphatic rings. The Morgan fingerprint density at radius 3 is 2.38 bits per heavy atom. The molecule has 8 heteroatoms. The topological polar surface area (TPSA) is 58.2 Å². The number of hydrogen-bond donors (Lipinski definition) is 2. The highest BCUT2D eigenvalue weighted by Gasteiger charge is 2.45. The zero-order valence-corrected chi connectivity index (χ0v) is 8.51. The van der Waals surface area contributed by atoms with Gasteiger partial charge in [-0.25, -0.2) is 21.9 Å². The van der Waals surface area contributed by atoms with Crippen molar-refractivity contribution in [3.63, 3.8) is 0 Å². The smallest absolute Gasteiger partial charge is 0.277 e. The summed E-state index contributed by atoms with van der Waals surface area (Å²) in [6, 6.07) is -1.31. The number of alkyl halides is 2. The molecule has 2 N–H and O–H groups in total. The van der Waals surface area contributed by atoms with Gasteiger partial charge in [0.1, 0.15) is 0 Å². The Morgan fingerprint density at radius 1 is 1.54 bits per heavy atom. The number of hydrogen-bond acceptors (Lipinski definition) is 3. The van der Waals surface area contributed by atoms with Crippen LogP contribution in [0.25, 0.3) is 0 Å². The lowest BCUT2D eigenvalue weighted by Gasteiger charge is -2.17. The van der Waals surface area contributed by atoms with E-state index in [1.165, 1.54) is 0 Å². The van der Waals surface area contributed by atoms with E-state index in [1.807, 2.05) is 4.72 Å². The molecule has 13 heavy (non-hydrogen) atoms. The van der Waals surface area contributed by atoms with Crippen LogP contribution in [0.15, 0.2) is 0 Å². The Balaban J connectivity index is 0.00000144. The molecule has 1 aliphatic heterocycles. The first kappa shape index (κ1) is 13.0. The summed E-state index contributed by atoms with van der Waals surface area (Å²) in [6.07, 6.45) is 0.862. The van der Waals surface area contributed by atoms with Crippen molar-refractivity contribution in [2.45, 2.75) is 12.0 Å². The van der Waals surface area contributed by atoms with Gasteiger partial charge in [-0.3, -0.25) is 0 Å². The van der Waals surface area contributed by atoms with E-state index in [1.54, 1.807) is 0 Å². The largest absolute Gasteiger partial charge is 0.309 e. The zero-order chi connectivity index (χ0) is 9.41. The van der Waals surface area contributed by atoms with E-state index in [4.69, 9.17) is 0 Å². The lowest BCUT2D eigenvalue weighted by molar-refractivity contribution is 0.00334. The van der Waals surface area contributed by atoms with Crippen molar-refractivity contribution in [1.29, 1.82) is 0 Å². The number of halogens is 3. The maximum absolute atomic E-state index is 12.7.